The Kier molecular flexibility index (Phi) is 7.40. The number of nitrogens with zero attached hydrogens (tertiary/aromatic N) is 2. The quantitative estimate of drug-likeness (QED) is 0.589. The van der Waals surface area contributed by atoms with Gasteiger partial charge < -0.3 is 15.1 Å². The molecule has 1 heterocycles. The summed E-state index contributed by atoms with van der Waals surface area (Å²) in [6, 6.07) is 26.2. The first-order chi connectivity index (χ1) is 16.1. The summed E-state index contributed by atoms with van der Waals surface area (Å²) in [6.07, 6.45) is 1.66. The van der Waals surface area contributed by atoms with Gasteiger partial charge in [-0.15, -0.1) is 0 Å². The summed E-state index contributed by atoms with van der Waals surface area (Å²) in [7, 11) is 0. The molecule has 33 heavy (non-hydrogen) atoms. The first-order valence-corrected chi connectivity index (χ1v) is 11.6. The maximum absolute atomic E-state index is 12.7. The van der Waals surface area contributed by atoms with E-state index in [1.807, 2.05) is 84.6 Å². The van der Waals surface area contributed by atoms with E-state index < -0.39 is 0 Å². The second-order valence-corrected chi connectivity index (χ2v) is 8.61. The number of hydrogen-bond acceptors (Lipinski definition) is 3. The van der Waals surface area contributed by atoms with E-state index in [1.54, 1.807) is 0 Å². The van der Waals surface area contributed by atoms with Gasteiger partial charge in [0.05, 0.1) is 6.42 Å². The molecule has 0 unspecified atom stereocenters. The van der Waals surface area contributed by atoms with Crippen molar-refractivity contribution in [3.05, 3.63) is 95.6 Å². The zero-order valence-corrected chi connectivity index (χ0v) is 19.2. The number of amides is 2. The number of hydrogen-bond donors (Lipinski definition) is 1. The molecule has 4 rings (SSSR count). The van der Waals surface area contributed by atoms with Gasteiger partial charge in [-0.05, 0) is 48.7 Å². The molecule has 0 spiro atoms. The highest BCUT2D eigenvalue weighted by molar-refractivity contribution is 5.91. The third kappa shape index (κ3) is 6.45. The summed E-state index contributed by atoms with van der Waals surface area (Å²) < 4.78 is 0. The normalized spacial score (nSPS) is 13.6. The van der Waals surface area contributed by atoms with E-state index in [2.05, 4.69) is 16.3 Å². The fourth-order valence-electron chi connectivity index (χ4n) is 4.20. The molecule has 5 heteroatoms. The van der Waals surface area contributed by atoms with E-state index in [-0.39, 0.29) is 11.8 Å². The summed E-state index contributed by atoms with van der Waals surface area (Å²) >= 11 is 0. The minimum atomic E-state index is 0.0207. The molecule has 3 aromatic carbocycles. The Morgan fingerprint density at radius 2 is 1.52 bits per heavy atom. The molecule has 0 saturated carbocycles. The maximum atomic E-state index is 12.7. The Morgan fingerprint density at radius 3 is 2.21 bits per heavy atom. The number of nitrogens with one attached hydrogen (secondary N) is 1. The van der Waals surface area contributed by atoms with Crippen LogP contribution >= 0.6 is 0 Å². The smallest absolute Gasteiger partial charge is 0.227 e. The van der Waals surface area contributed by atoms with Crippen LogP contribution in [0.5, 0.6) is 0 Å². The molecular formula is C28H31N3O2. The average Bonchev–Trinajstić information content (AvgIpc) is 2.84. The third-order valence-electron chi connectivity index (χ3n) is 6.07. The van der Waals surface area contributed by atoms with Crippen LogP contribution < -0.4 is 10.2 Å². The van der Waals surface area contributed by atoms with Crippen LogP contribution in [0.15, 0.2) is 78.9 Å². The average molecular weight is 442 g/mol. The summed E-state index contributed by atoms with van der Waals surface area (Å²) in [5.41, 5.74) is 5.34. The van der Waals surface area contributed by atoms with Gasteiger partial charge in [0, 0.05) is 44.0 Å². The molecule has 0 aromatic heterocycles. The standard InChI is InChI=1S/C28H31N3O2/c1-22-6-5-9-24(20-22)21-28(33)31-18-16-30(17-19-31)26-13-11-25(12-14-26)29-27(32)15-10-23-7-3-2-4-8-23/h2-9,11-14,20H,10,15-19,21H2,1H3,(H,29,32). The third-order valence-corrected chi connectivity index (χ3v) is 6.07. The number of carbonyl (C=O) groups is 2. The number of aryl methyl sites for hydroxylation is 2. The topological polar surface area (TPSA) is 52.7 Å². The van der Waals surface area contributed by atoms with E-state index in [0.29, 0.717) is 12.8 Å². The summed E-state index contributed by atoms with van der Waals surface area (Å²) in [4.78, 5) is 29.2. The van der Waals surface area contributed by atoms with Gasteiger partial charge in [0.1, 0.15) is 0 Å². The maximum Gasteiger partial charge on any atom is 0.227 e. The minimum Gasteiger partial charge on any atom is -0.368 e. The Hall–Kier alpha value is -3.60. The number of anilines is 2. The number of piperazine rings is 1. The Bertz CT molecular complexity index is 1070. The van der Waals surface area contributed by atoms with E-state index >= 15 is 0 Å². The molecule has 1 saturated heterocycles. The lowest BCUT2D eigenvalue weighted by atomic mass is 10.1. The van der Waals surface area contributed by atoms with Crippen molar-refractivity contribution < 1.29 is 9.59 Å². The second kappa shape index (κ2) is 10.8. The van der Waals surface area contributed by atoms with Crippen LogP contribution in [0.4, 0.5) is 11.4 Å². The second-order valence-electron chi connectivity index (χ2n) is 8.61. The molecule has 2 amide bonds. The van der Waals surface area contributed by atoms with Crippen molar-refractivity contribution in [2.45, 2.75) is 26.2 Å². The minimum absolute atomic E-state index is 0.0207. The van der Waals surface area contributed by atoms with Gasteiger partial charge in [-0.1, -0.05) is 60.2 Å². The molecule has 170 valence electrons. The fraction of sp³-hybridized carbons (Fsp3) is 0.286. The predicted molar refractivity (Wildman–Crippen MR) is 134 cm³/mol. The number of benzene rings is 3. The molecule has 0 atom stereocenters. The van der Waals surface area contributed by atoms with Gasteiger partial charge in [-0.3, -0.25) is 9.59 Å². The van der Waals surface area contributed by atoms with Gasteiger partial charge in [0.15, 0.2) is 0 Å². The number of rotatable bonds is 7. The van der Waals surface area contributed by atoms with Crippen LogP contribution in [-0.4, -0.2) is 42.9 Å². The molecule has 0 aliphatic carbocycles. The first-order valence-electron chi connectivity index (χ1n) is 11.6. The Morgan fingerprint density at radius 1 is 0.818 bits per heavy atom. The van der Waals surface area contributed by atoms with E-state index in [0.717, 1.165) is 49.5 Å². The zero-order chi connectivity index (χ0) is 23.0. The van der Waals surface area contributed by atoms with Crippen LogP contribution in [-0.2, 0) is 22.4 Å². The van der Waals surface area contributed by atoms with Crippen molar-refractivity contribution in [3.63, 3.8) is 0 Å². The molecular weight excluding hydrogens is 410 g/mol. The molecule has 3 aromatic rings. The van der Waals surface area contributed by atoms with Crippen molar-refractivity contribution in [2.75, 3.05) is 36.4 Å². The van der Waals surface area contributed by atoms with Crippen molar-refractivity contribution >= 4 is 23.2 Å². The van der Waals surface area contributed by atoms with Crippen LogP contribution in [0.3, 0.4) is 0 Å². The predicted octanol–water partition coefficient (Wildman–Crippen LogP) is 4.46. The molecule has 1 aliphatic rings. The lowest BCUT2D eigenvalue weighted by Gasteiger charge is -2.36. The lowest BCUT2D eigenvalue weighted by Crippen LogP contribution is -2.49. The highest BCUT2D eigenvalue weighted by Crippen LogP contribution is 2.20. The van der Waals surface area contributed by atoms with Crippen molar-refractivity contribution in [2.24, 2.45) is 0 Å². The zero-order valence-electron chi connectivity index (χ0n) is 19.2. The monoisotopic (exact) mass is 441 g/mol. The van der Waals surface area contributed by atoms with Crippen molar-refractivity contribution in [3.8, 4) is 0 Å². The van der Waals surface area contributed by atoms with Gasteiger partial charge in [0.25, 0.3) is 0 Å². The van der Waals surface area contributed by atoms with Gasteiger partial charge >= 0.3 is 0 Å². The highest BCUT2D eigenvalue weighted by atomic mass is 16.2. The lowest BCUT2D eigenvalue weighted by molar-refractivity contribution is -0.130. The van der Waals surface area contributed by atoms with E-state index in [1.165, 1.54) is 11.1 Å². The molecule has 0 radical (unpaired) electrons. The van der Waals surface area contributed by atoms with Gasteiger partial charge in [-0.25, -0.2) is 0 Å². The van der Waals surface area contributed by atoms with Gasteiger partial charge in [-0.2, -0.15) is 0 Å². The van der Waals surface area contributed by atoms with Crippen LogP contribution in [0.25, 0.3) is 0 Å². The summed E-state index contributed by atoms with van der Waals surface area (Å²) in [5, 5.41) is 2.98. The molecule has 1 N–H and O–H groups in total. The van der Waals surface area contributed by atoms with Crippen LogP contribution in [0.1, 0.15) is 23.1 Å². The highest BCUT2D eigenvalue weighted by Gasteiger charge is 2.21. The Labute approximate surface area is 196 Å². The summed E-state index contributed by atoms with van der Waals surface area (Å²) in [5.74, 6) is 0.209. The fourth-order valence-corrected chi connectivity index (χ4v) is 4.20. The van der Waals surface area contributed by atoms with Gasteiger partial charge in [0.2, 0.25) is 11.8 Å². The molecule has 5 nitrogen and oxygen atoms in total. The van der Waals surface area contributed by atoms with Crippen LogP contribution in [0, 0.1) is 6.92 Å². The molecule has 0 bridgehead atoms. The van der Waals surface area contributed by atoms with E-state index in [9.17, 15) is 9.59 Å². The summed E-state index contributed by atoms with van der Waals surface area (Å²) in [6.45, 7) is 5.12. The SMILES string of the molecule is Cc1cccc(CC(=O)N2CCN(c3ccc(NC(=O)CCc4ccccc4)cc3)CC2)c1. The van der Waals surface area contributed by atoms with Crippen molar-refractivity contribution in [1.29, 1.82) is 0 Å². The molecule has 1 fully saturated rings. The van der Waals surface area contributed by atoms with Crippen LogP contribution in [0.2, 0.25) is 0 Å². The largest absolute Gasteiger partial charge is 0.368 e. The van der Waals surface area contributed by atoms with Crippen molar-refractivity contribution in [1.82, 2.24) is 4.90 Å². The van der Waals surface area contributed by atoms with E-state index in [4.69, 9.17) is 0 Å². The first kappa shape index (κ1) is 22.6. The Balaban J connectivity index is 1.23. The number of carbonyl (C=O) groups excluding carboxylic acids is 2. The molecule has 1 aliphatic heterocycles.